The number of hydrogen-bond donors (Lipinski definition) is 3. The number of hydrogen-bond acceptors (Lipinski definition) is 3. The van der Waals surface area contributed by atoms with E-state index in [2.05, 4.69) is 116 Å². The fourth-order valence-corrected chi connectivity index (χ4v) is 5.84. The van der Waals surface area contributed by atoms with Crippen LogP contribution in [-0.4, -0.2) is 34.9 Å². The summed E-state index contributed by atoms with van der Waals surface area (Å²) < 4.78 is 0. The van der Waals surface area contributed by atoms with Crippen molar-refractivity contribution in [2.24, 2.45) is 0 Å². The Bertz CT molecular complexity index is 999. The molecule has 52 heavy (non-hydrogen) atoms. The van der Waals surface area contributed by atoms with Gasteiger partial charge in [0.05, 0.1) is 18.8 Å². The average molecular weight is 720 g/mol. The topological polar surface area (TPSA) is 69.6 Å². The third kappa shape index (κ3) is 38.5. The smallest absolute Gasteiger partial charge is 0.220 e. The molecule has 0 aromatic rings. The monoisotopic (exact) mass is 720 g/mol. The summed E-state index contributed by atoms with van der Waals surface area (Å²) in [7, 11) is 0. The number of aliphatic hydroxyl groups excluding tert-OH is 2. The third-order valence-corrected chi connectivity index (χ3v) is 9.11. The maximum Gasteiger partial charge on any atom is 0.220 e. The molecule has 0 spiro atoms. The first kappa shape index (κ1) is 49.3. The number of allylic oxidation sites excluding steroid dienone is 16. The molecular weight excluding hydrogens is 639 g/mol. The van der Waals surface area contributed by atoms with Gasteiger partial charge in [-0.15, -0.1) is 0 Å². The van der Waals surface area contributed by atoms with Crippen LogP contribution < -0.4 is 5.32 Å². The van der Waals surface area contributed by atoms with Gasteiger partial charge in [0.25, 0.3) is 0 Å². The van der Waals surface area contributed by atoms with Gasteiger partial charge in [-0.25, -0.2) is 0 Å². The van der Waals surface area contributed by atoms with Gasteiger partial charge >= 0.3 is 0 Å². The Morgan fingerprint density at radius 1 is 0.481 bits per heavy atom. The van der Waals surface area contributed by atoms with E-state index in [4.69, 9.17) is 0 Å². The molecule has 0 bridgehead atoms. The van der Waals surface area contributed by atoms with Crippen LogP contribution in [0.2, 0.25) is 0 Å². The van der Waals surface area contributed by atoms with Crippen molar-refractivity contribution in [2.45, 2.75) is 193 Å². The molecule has 0 saturated carbocycles. The highest BCUT2D eigenvalue weighted by Gasteiger charge is 2.19. The van der Waals surface area contributed by atoms with Crippen LogP contribution >= 0.6 is 0 Å². The van der Waals surface area contributed by atoms with Crippen LogP contribution in [0.5, 0.6) is 0 Å². The van der Waals surface area contributed by atoms with Gasteiger partial charge in [0.15, 0.2) is 0 Å². The van der Waals surface area contributed by atoms with E-state index in [0.717, 1.165) is 77.0 Å². The molecule has 0 radical (unpaired) electrons. The van der Waals surface area contributed by atoms with E-state index in [1.807, 2.05) is 0 Å². The van der Waals surface area contributed by atoms with Crippen molar-refractivity contribution < 1.29 is 15.0 Å². The zero-order chi connectivity index (χ0) is 37.8. The molecule has 0 aliphatic heterocycles. The van der Waals surface area contributed by atoms with Crippen LogP contribution in [-0.2, 0) is 4.79 Å². The van der Waals surface area contributed by atoms with Crippen LogP contribution in [0.25, 0.3) is 0 Å². The normalized spacial score (nSPS) is 14.0. The highest BCUT2D eigenvalue weighted by Crippen LogP contribution is 2.13. The summed E-state index contributed by atoms with van der Waals surface area (Å²) in [6.45, 7) is 4.18. The number of unbranched alkanes of at least 4 members (excludes halogenated alkanes) is 14. The molecule has 0 fully saturated rings. The van der Waals surface area contributed by atoms with E-state index in [9.17, 15) is 15.0 Å². The van der Waals surface area contributed by atoms with Gasteiger partial charge in [0, 0.05) is 6.42 Å². The minimum atomic E-state index is -0.665. The molecular formula is C48H81NO3. The average Bonchev–Trinajstić information content (AvgIpc) is 3.15. The van der Waals surface area contributed by atoms with Crippen LogP contribution in [0, 0.1) is 0 Å². The molecule has 4 heteroatoms. The summed E-state index contributed by atoms with van der Waals surface area (Å²) in [6.07, 6.45) is 63.5. The Morgan fingerprint density at radius 2 is 0.846 bits per heavy atom. The van der Waals surface area contributed by atoms with Crippen LogP contribution in [0.3, 0.4) is 0 Å². The fraction of sp³-hybridized carbons (Fsp3) is 0.646. The van der Waals surface area contributed by atoms with Gasteiger partial charge in [0.1, 0.15) is 0 Å². The molecule has 0 aliphatic carbocycles. The molecule has 2 unspecified atom stereocenters. The van der Waals surface area contributed by atoms with Gasteiger partial charge in [-0.3, -0.25) is 4.79 Å². The summed E-state index contributed by atoms with van der Waals surface area (Å²) >= 11 is 0. The number of nitrogens with one attached hydrogen (secondary N) is 1. The fourth-order valence-electron chi connectivity index (χ4n) is 5.84. The SMILES string of the molecule is CC/C=C\C/C=C\C/C=C\C/C=C\C/C=C\C/C=C\C/C=C\C/C=C\CCCCCCCCCCC(=O)NC(CO)C(O)CCCCCCCCC. The van der Waals surface area contributed by atoms with Crippen molar-refractivity contribution in [3.63, 3.8) is 0 Å². The Balaban J connectivity index is 3.60. The van der Waals surface area contributed by atoms with Gasteiger partial charge in [-0.1, -0.05) is 195 Å². The molecule has 0 aromatic carbocycles. The third-order valence-electron chi connectivity index (χ3n) is 9.11. The van der Waals surface area contributed by atoms with E-state index >= 15 is 0 Å². The number of carbonyl (C=O) groups is 1. The maximum atomic E-state index is 12.3. The Labute approximate surface area is 322 Å². The van der Waals surface area contributed by atoms with Crippen LogP contribution in [0.1, 0.15) is 181 Å². The second-order valence-corrected chi connectivity index (χ2v) is 14.0. The van der Waals surface area contributed by atoms with E-state index < -0.39 is 12.1 Å². The lowest BCUT2D eigenvalue weighted by Crippen LogP contribution is -2.45. The van der Waals surface area contributed by atoms with Crippen molar-refractivity contribution in [2.75, 3.05) is 6.61 Å². The highest BCUT2D eigenvalue weighted by atomic mass is 16.3. The minimum absolute atomic E-state index is 0.0499. The van der Waals surface area contributed by atoms with E-state index in [-0.39, 0.29) is 12.5 Å². The van der Waals surface area contributed by atoms with Crippen molar-refractivity contribution in [3.8, 4) is 0 Å². The van der Waals surface area contributed by atoms with E-state index in [1.54, 1.807) is 0 Å². The molecule has 0 aliphatic rings. The molecule has 4 nitrogen and oxygen atoms in total. The van der Waals surface area contributed by atoms with Crippen molar-refractivity contribution in [1.29, 1.82) is 0 Å². The largest absolute Gasteiger partial charge is 0.394 e. The molecule has 1 amide bonds. The molecule has 296 valence electrons. The standard InChI is InChI=1S/C48H81NO3/c1-3-5-7-9-11-12-13-14-15-16-17-18-19-20-21-22-23-24-25-26-27-28-29-30-31-32-33-34-35-36-38-40-42-44-48(52)49-46(45-50)47(51)43-41-39-37-10-8-6-4-2/h5,7,11-12,14-15,17-18,20-21,23-24,26-27,29-30,46-47,50-51H,3-4,6,8-10,13,16,19,22,25,28,31-45H2,1-2H3,(H,49,52)/b7-5-,12-11-,15-14-,18-17-,21-20-,24-23-,27-26-,30-29-. The van der Waals surface area contributed by atoms with E-state index in [0.29, 0.717) is 12.8 Å². The molecule has 0 aromatic heterocycles. The molecule has 0 saturated heterocycles. The lowest BCUT2D eigenvalue weighted by molar-refractivity contribution is -0.123. The second kappa shape index (κ2) is 42.7. The van der Waals surface area contributed by atoms with Crippen LogP contribution in [0.4, 0.5) is 0 Å². The molecule has 0 rings (SSSR count). The maximum absolute atomic E-state index is 12.3. The van der Waals surface area contributed by atoms with Gasteiger partial charge in [-0.05, 0) is 77.0 Å². The summed E-state index contributed by atoms with van der Waals surface area (Å²) in [5.74, 6) is -0.0499. The number of rotatable bonds is 37. The first-order chi connectivity index (χ1) is 25.7. The number of aliphatic hydroxyl groups is 2. The van der Waals surface area contributed by atoms with Gasteiger partial charge in [-0.2, -0.15) is 0 Å². The summed E-state index contributed by atoms with van der Waals surface area (Å²) in [4.78, 5) is 12.3. The van der Waals surface area contributed by atoms with Gasteiger partial charge < -0.3 is 15.5 Å². The summed E-state index contributed by atoms with van der Waals surface area (Å²) in [5, 5.41) is 22.9. The minimum Gasteiger partial charge on any atom is -0.394 e. The highest BCUT2D eigenvalue weighted by molar-refractivity contribution is 5.76. The predicted molar refractivity (Wildman–Crippen MR) is 230 cm³/mol. The Morgan fingerprint density at radius 3 is 1.27 bits per heavy atom. The number of amides is 1. The zero-order valence-corrected chi connectivity index (χ0v) is 33.8. The van der Waals surface area contributed by atoms with Crippen molar-refractivity contribution in [3.05, 3.63) is 97.2 Å². The molecule has 3 N–H and O–H groups in total. The summed E-state index contributed by atoms with van der Waals surface area (Å²) in [5.41, 5.74) is 0. The lowest BCUT2D eigenvalue weighted by atomic mass is 10.0. The Kier molecular flexibility index (Phi) is 40.5. The first-order valence-electron chi connectivity index (χ1n) is 21.4. The first-order valence-corrected chi connectivity index (χ1v) is 21.4. The molecule has 0 heterocycles. The second-order valence-electron chi connectivity index (χ2n) is 14.0. The lowest BCUT2D eigenvalue weighted by Gasteiger charge is -2.22. The summed E-state index contributed by atoms with van der Waals surface area (Å²) in [6, 6.07) is -0.544. The predicted octanol–water partition coefficient (Wildman–Crippen LogP) is 13.5. The molecule has 2 atom stereocenters. The quantitative estimate of drug-likeness (QED) is 0.0442. The van der Waals surface area contributed by atoms with E-state index in [1.165, 1.54) is 77.0 Å². The zero-order valence-electron chi connectivity index (χ0n) is 33.8. The van der Waals surface area contributed by atoms with Crippen molar-refractivity contribution in [1.82, 2.24) is 5.32 Å². The number of carbonyl (C=O) groups excluding carboxylic acids is 1. The Hall–Kier alpha value is -2.69. The van der Waals surface area contributed by atoms with Crippen LogP contribution in [0.15, 0.2) is 97.2 Å². The van der Waals surface area contributed by atoms with Gasteiger partial charge in [0.2, 0.25) is 5.91 Å². The van der Waals surface area contributed by atoms with Crippen molar-refractivity contribution >= 4 is 5.91 Å².